The summed E-state index contributed by atoms with van der Waals surface area (Å²) in [6.45, 7) is 4.90. The van der Waals surface area contributed by atoms with Gasteiger partial charge < -0.3 is 15.2 Å². The lowest BCUT2D eigenvalue weighted by molar-refractivity contribution is -0.131. The van der Waals surface area contributed by atoms with Crippen molar-refractivity contribution in [2.75, 3.05) is 7.05 Å². The number of amides is 1. The van der Waals surface area contributed by atoms with Crippen molar-refractivity contribution in [3.8, 4) is 0 Å². The average Bonchev–Trinajstić information content (AvgIpc) is 2.64. The molecule has 4 heteroatoms. The Morgan fingerprint density at radius 2 is 2.27 bits per heavy atom. The van der Waals surface area contributed by atoms with Crippen molar-refractivity contribution in [3.05, 3.63) is 24.0 Å². The van der Waals surface area contributed by atoms with Crippen molar-refractivity contribution >= 4 is 5.91 Å². The van der Waals surface area contributed by atoms with Crippen molar-refractivity contribution < 1.29 is 4.79 Å². The number of nitrogens with zero attached hydrogens (tertiary/aromatic N) is 2. The van der Waals surface area contributed by atoms with Crippen LogP contribution in [0.5, 0.6) is 0 Å². The summed E-state index contributed by atoms with van der Waals surface area (Å²) in [6.07, 6.45) is 3.79. The number of hydrogen-bond acceptors (Lipinski definition) is 2. The molecule has 0 unspecified atom stereocenters. The van der Waals surface area contributed by atoms with Crippen LogP contribution in [0.2, 0.25) is 0 Å². The van der Waals surface area contributed by atoms with E-state index >= 15 is 0 Å². The Morgan fingerprint density at radius 1 is 1.60 bits per heavy atom. The van der Waals surface area contributed by atoms with E-state index in [-0.39, 0.29) is 11.9 Å². The zero-order valence-electron chi connectivity index (χ0n) is 9.60. The summed E-state index contributed by atoms with van der Waals surface area (Å²) in [5, 5.41) is 0. The average molecular weight is 209 g/mol. The second-order valence-electron chi connectivity index (χ2n) is 3.99. The van der Waals surface area contributed by atoms with Crippen LogP contribution in [0.3, 0.4) is 0 Å². The minimum Gasteiger partial charge on any atom is -0.345 e. The predicted molar refractivity (Wildman–Crippen MR) is 60.2 cm³/mol. The van der Waals surface area contributed by atoms with E-state index in [0.717, 1.165) is 5.56 Å². The lowest BCUT2D eigenvalue weighted by Gasteiger charge is -2.21. The molecule has 0 saturated heterocycles. The Kier molecular flexibility index (Phi) is 3.91. The molecule has 1 aromatic heterocycles. The van der Waals surface area contributed by atoms with Crippen LogP contribution in [0.15, 0.2) is 18.5 Å². The zero-order valence-corrected chi connectivity index (χ0v) is 9.60. The van der Waals surface area contributed by atoms with Gasteiger partial charge in [-0.1, -0.05) is 0 Å². The topological polar surface area (TPSA) is 51.3 Å². The molecule has 0 spiro atoms. The van der Waals surface area contributed by atoms with E-state index in [1.165, 1.54) is 0 Å². The summed E-state index contributed by atoms with van der Waals surface area (Å²) >= 11 is 0. The van der Waals surface area contributed by atoms with Crippen LogP contribution in [0.1, 0.15) is 19.4 Å². The van der Waals surface area contributed by atoms with Crippen molar-refractivity contribution in [2.45, 2.75) is 33.0 Å². The number of likely N-dealkylation sites (N-methyl/N-ethyl adjacent to an activating group) is 1. The molecular weight excluding hydrogens is 190 g/mol. The standard InChI is InChI=1S/C11H19N3O/c1-9(2)13(3)11(15)8-14-5-4-10(6-12)7-14/h4-5,7,9H,6,8,12H2,1-3H3. The van der Waals surface area contributed by atoms with Gasteiger partial charge in [0.25, 0.3) is 0 Å². The van der Waals surface area contributed by atoms with Gasteiger partial charge in [0, 0.05) is 32.0 Å². The summed E-state index contributed by atoms with van der Waals surface area (Å²) in [5.41, 5.74) is 6.54. The van der Waals surface area contributed by atoms with E-state index in [9.17, 15) is 4.79 Å². The highest BCUT2D eigenvalue weighted by Crippen LogP contribution is 2.02. The molecule has 0 aliphatic carbocycles. The molecule has 0 bridgehead atoms. The molecule has 0 aliphatic rings. The molecule has 0 saturated carbocycles. The van der Waals surface area contributed by atoms with Crippen LogP contribution in [0.4, 0.5) is 0 Å². The van der Waals surface area contributed by atoms with Crippen molar-refractivity contribution in [2.24, 2.45) is 5.73 Å². The van der Waals surface area contributed by atoms with Gasteiger partial charge in [-0.25, -0.2) is 0 Å². The molecule has 0 aliphatic heterocycles. The molecule has 1 amide bonds. The minimum atomic E-state index is 0.115. The molecule has 1 aromatic rings. The minimum absolute atomic E-state index is 0.115. The summed E-state index contributed by atoms with van der Waals surface area (Å²) in [7, 11) is 1.82. The third kappa shape index (κ3) is 3.09. The number of carbonyl (C=O) groups is 1. The Balaban J connectivity index is 2.58. The number of carbonyl (C=O) groups excluding carboxylic acids is 1. The van der Waals surface area contributed by atoms with E-state index in [0.29, 0.717) is 13.1 Å². The highest BCUT2D eigenvalue weighted by Gasteiger charge is 2.11. The Morgan fingerprint density at radius 3 is 2.73 bits per heavy atom. The van der Waals surface area contributed by atoms with Crippen molar-refractivity contribution in [1.82, 2.24) is 9.47 Å². The molecule has 2 N–H and O–H groups in total. The van der Waals surface area contributed by atoms with Crippen LogP contribution < -0.4 is 5.73 Å². The van der Waals surface area contributed by atoms with Crippen LogP contribution >= 0.6 is 0 Å². The number of rotatable bonds is 4. The van der Waals surface area contributed by atoms with E-state index < -0.39 is 0 Å². The first-order valence-electron chi connectivity index (χ1n) is 5.15. The molecule has 1 heterocycles. The first-order chi connectivity index (χ1) is 7.04. The predicted octanol–water partition coefficient (Wildman–Crippen LogP) is 0.814. The molecule has 15 heavy (non-hydrogen) atoms. The summed E-state index contributed by atoms with van der Waals surface area (Å²) in [6, 6.07) is 2.17. The van der Waals surface area contributed by atoms with Gasteiger partial charge in [0.05, 0.1) is 0 Å². The molecular formula is C11H19N3O. The second kappa shape index (κ2) is 4.98. The Bertz CT molecular complexity index is 330. The maximum absolute atomic E-state index is 11.7. The van der Waals surface area contributed by atoms with Gasteiger partial charge in [-0.2, -0.15) is 0 Å². The quantitative estimate of drug-likeness (QED) is 0.798. The first kappa shape index (κ1) is 11.8. The van der Waals surface area contributed by atoms with Crippen LogP contribution in [-0.4, -0.2) is 28.5 Å². The summed E-state index contributed by atoms with van der Waals surface area (Å²) in [4.78, 5) is 13.5. The molecule has 4 nitrogen and oxygen atoms in total. The van der Waals surface area contributed by atoms with Gasteiger partial charge in [-0.05, 0) is 25.5 Å². The Hall–Kier alpha value is -1.29. The highest BCUT2D eigenvalue weighted by molar-refractivity contribution is 5.76. The largest absolute Gasteiger partial charge is 0.345 e. The van der Waals surface area contributed by atoms with Crippen molar-refractivity contribution in [3.63, 3.8) is 0 Å². The number of hydrogen-bond donors (Lipinski definition) is 1. The fourth-order valence-corrected chi connectivity index (χ4v) is 1.27. The van der Waals surface area contributed by atoms with Crippen LogP contribution in [0.25, 0.3) is 0 Å². The normalized spacial score (nSPS) is 10.7. The molecule has 0 atom stereocenters. The van der Waals surface area contributed by atoms with E-state index in [2.05, 4.69) is 0 Å². The SMILES string of the molecule is CC(C)N(C)C(=O)Cn1ccc(CN)c1. The summed E-state index contributed by atoms with van der Waals surface area (Å²) in [5.74, 6) is 0.115. The maximum atomic E-state index is 11.7. The smallest absolute Gasteiger partial charge is 0.242 e. The lowest BCUT2D eigenvalue weighted by Crippen LogP contribution is -2.35. The fraction of sp³-hybridized carbons (Fsp3) is 0.545. The third-order valence-corrected chi connectivity index (χ3v) is 2.53. The monoisotopic (exact) mass is 209 g/mol. The third-order valence-electron chi connectivity index (χ3n) is 2.53. The molecule has 0 fully saturated rings. The molecule has 84 valence electrons. The zero-order chi connectivity index (χ0) is 11.4. The van der Waals surface area contributed by atoms with Crippen LogP contribution in [0, 0.1) is 0 Å². The molecule has 1 rings (SSSR count). The molecule has 0 radical (unpaired) electrons. The lowest BCUT2D eigenvalue weighted by atomic mass is 10.3. The fourth-order valence-electron chi connectivity index (χ4n) is 1.27. The van der Waals surface area contributed by atoms with Gasteiger partial charge in [0.2, 0.25) is 5.91 Å². The van der Waals surface area contributed by atoms with Crippen molar-refractivity contribution in [1.29, 1.82) is 0 Å². The van der Waals surface area contributed by atoms with Gasteiger partial charge >= 0.3 is 0 Å². The molecule has 0 aromatic carbocycles. The van der Waals surface area contributed by atoms with Gasteiger partial charge in [-0.15, -0.1) is 0 Å². The Labute approximate surface area is 90.7 Å². The van der Waals surface area contributed by atoms with Gasteiger partial charge in [0.15, 0.2) is 0 Å². The van der Waals surface area contributed by atoms with E-state index in [1.807, 2.05) is 43.9 Å². The summed E-state index contributed by atoms with van der Waals surface area (Å²) < 4.78 is 1.86. The second-order valence-corrected chi connectivity index (χ2v) is 3.99. The number of aromatic nitrogens is 1. The van der Waals surface area contributed by atoms with Crippen LogP contribution in [-0.2, 0) is 17.9 Å². The number of nitrogens with two attached hydrogens (primary N) is 1. The van der Waals surface area contributed by atoms with Gasteiger partial charge in [-0.3, -0.25) is 4.79 Å². The maximum Gasteiger partial charge on any atom is 0.242 e. The van der Waals surface area contributed by atoms with E-state index in [1.54, 1.807) is 4.90 Å². The first-order valence-corrected chi connectivity index (χ1v) is 5.15. The van der Waals surface area contributed by atoms with Gasteiger partial charge in [0.1, 0.15) is 6.54 Å². The van der Waals surface area contributed by atoms with E-state index in [4.69, 9.17) is 5.73 Å². The highest BCUT2D eigenvalue weighted by atomic mass is 16.2.